The minimum absolute atomic E-state index is 0.107. The van der Waals surface area contributed by atoms with Crippen LogP contribution in [0.3, 0.4) is 0 Å². The van der Waals surface area contributed by atoms with Crippen molar-refractivity contribution in [2.24, 2.45) is 5.84 Å². The normalized spacial score (nSPS) is 12.6. The number of hydrogen-bond acceptors (Lipinski definition) is 3. The molecule has 0 aliphatic rings. The summed E-state index contributed by atoms with van der Waals surface area (Å²) in [6.07, 6.45) is 7.58. The van der Waals surface area contributed by atoms with Gasteiger partial charge in [-0.25, -0.2) is 5.43 Å². The maximum atomic E-state index is 5.51. The molecule has 3 N–H and O–H groups in total. The number of allylic oxidation sites excluding steroid dienone is 1. The van der Waals surface area contributed by atoms with Gasteiger partial charge in [0.2, 0.25) is 0 Å². The van der Waals surface area contributed by atoms with Crippen molar-refractivity contribution < 1.29 is 4.42 Å². The smallest absolute Gasteiger partial charge is 0.169 e. The molecule has 3 nitrogen and oxygen atoms in total. The molecule has 0 amide bonds. The highest BCUT2D eigenvalue weighted by atomic mass is 79.9. The molecule has 0 saturated carbocycles. The maximum absolute atomic E-state index is 5.51. The highest BCUT2D eigenvalue weighted by Gasteiger charge is 2.12. The summed E-state index contributed by atoms with van der Waals surface area (Å²) in [5.41, 5.74) is 2.79. The van der Waals surface area contributed by atoms with Crippen LogP contribution in [0.25, 0.3) is 0 Å². The molecule has 16 heavy (non-hydrogen) atoms. The molecular formula is C12H19BrN2O. The Morgan fingerprint density at radius 2 is 2.25 bits per heavy atom. The van der Waals surface area contributed by atoms with Crippen molar-refractivity contribution in [1.82, 2.24) is 5.43 Å². The Morgan fingerprint density at radius 1 is 1.44 bits per heavy atom. The van der Waals surface area contributed by atoms with Gasteiger partial charge in [0.25, 0.3) is 0 Å². The summed E-state index contributed by atoms with van der Waals surface area (Å²) in [5.74, 6) is 6.40. The van der Waals surface area contributed by atoms with E-state index < -0.39 is 0 Å². The van der Waals surface area contributed by atoms with Gasteiger partial charge in [0.15, 0.2) is 4.67 Å². The molecule has 4 heteroatoms. The van der Waals surface area contributed by atoms with E-state index in [2.05, 4.69) is 27.9 Å². The van der Waals surface area contributed by atoms with Crippen molar-refractivity contribution in [1.29, 1.82) is 0 Å². The monoisotopic (exact) mass is 286 g/mol. The summed E-state index contributed by atoms with van der Waals surface area (Å²) < 4.78 is 6.22. The van der Waals surface area contributed by atoms with Gasteiger partial charge in [0.05, 0.1) is 6.04 Å². The molecule has 0 saturated heterocycles. The van der Waals surface area contributed by atoms with Gasteiger partial charge in [-0.15, -0.1) is 6.58 Å². The van der Waals surface area contributed by atoms with Crippen molar-refractivity contribution in [3.8, 4) is 0 Å². The fraction of sp³-hybridized carbons (Fsp3) is 0.500. The Balaban J connectivity index is 2.29. The third-order valence-corrected chi connectivity index (χ3v) is 2.97. The molecule has 1 aromatic rings. The van der Waals surface area contributed by atoms with Gasteiger partial charge in [0.1, 0.15) is 5.76 Å². The lowest BCUT2D eigenvalue weighted by molar-refractivity contribution is 0.381. The Hall–Kier alpha value is -0.580. The zero-order valence-corrected chi connectivity index (χ0v) is 11.0. The third kappa shape index (κ3) is 4.51. The Labute approximate surface area is 105 Å². The Bertz CT molecular complexity index is 312. The maximum Gasteiger partial charge on any atom is 0.169 e. The topological polar surface area (TPSA) is 51.2 Å². The molecule has 0 fully saturated rings. The average molecular weight is 287 g/mol. The van der Waals surface area contributed by atoms with E-state index in [1.807, 2.05) is 18.2 Å². The van der Waals surface area contributed by atoms with Crippen LogP contribution in [0.4, 0.5) is 0 Å². The molecule has 1 heterocycles. The SMILES string of the molecule is C=CCCCCCC(NN)c1ccc(Br)o1. The number of rotatable bonds is 8. The average Bonchev–Trinajstić information content (AvgIpc) is 2.70. The summed E-state index contributed by atoms with van der Waals surface area (Å²) in [6.45, 7) is 3.71. The minimum atomic E-state index is 0.107. The summed E-state index contributed by atoms with van der Waals surface area (Å²) >= 11 is 3.29. The van der Waals surface area contributed by atoms with Crippen LogP contribution < -0.4 is 11.3 Å². The molecule has 1 atom stereocenters. The van der Waals surface area contributed by atoms with Gasteiger partial charge in [0, 0.05) is 0 Å². The minimum Gasteiger partial charge on any atom is -0.453 e. The number of halogens is 1. The van der Waals surface area contributed by atoms with E-state index in [-0.39, 0.29) is 6.04 Å². The van der Waals surface area contributed by atoms with Crippen LogP contribution in [0.5, 0.6) is 0 Å². The zero-order valence-electron chi connectivity index (χ0n) is 9.42. The first-order chi connectivity index (χ1) is 7.77. The van der Waals surface area contributed by atoms with Crippen LogP contribution in [0, 0.1) is 0 Å². The van der Waals surface area contributed by atoms with Crippen LogP contribution >= 0.6 is 15.9 Å². The molecular weight excluding hydrogens is 268 g/mol. The molecule has 0 aliphatic carbocycles. The molecule has 0 spiro atoms. The van der Waals surface area contributed by atoms with E-state index in [0.29, 0.717) is 0 Å². The van der Waals surface area contributed by atoms with Gasteiger partial charge < -0.3 is 4.42 Å². The van der Waals surface area contributed by atoms with E-state index in [9.17, 15) is 0 Å². The van der Waals surface area contributed by atoms with Crippen LogP contribution in [0.15, 0.2) is 33.9 Å². The van der Waals surface area contributed by atoms with Crippen LogP contribution in [0.1, 0.15) is 43.9 Å². The van der Waals surface area contributed by atoms with Crippen molar-refractivity contribution in [3.05, 3.63) is 35.2 Å². The number of nitrogens with two attached hydrogens (primary N) is 1. The first-order valence-electron chi connectivity index (χ1n) is 5.60. The quantitative estimate of drug-likeness (QED) is 0.332. The summed E-state index contributed by atoms with van der Waals surface area (Å²) in [5, 5.41) is 0. The Morgan fingerprint density at radius 3 is 2.81 bits per heavy atom. The first-order valence-corrected chi connectivity index (χ1v) is 6.39. The van der Waals surface area contributed by atoms with Gasteiger partial charge in [-0.05, 0) is 47.3 Å². The lowest BCUT2D eigenvalue weighted by Gasteiger charge is -2.12. The van der Waals surface area contributed by atoms with Crippen LogP contribution in [-0.4, -0.2) is 0 Å². The molecule has 1 unspecified atom stereocenters. The van der Waals surface area contributed by atoms with Crippen LogP contribution in [0.2, 0.25) is 0 Å². The zero-order chi connectivity index (χ0) is 11.8. The van der Waals surface area contributed by atoms with Crippen molar-refractivity contribution in [3.63, 3.8) is 0 Å². The fourth-order valence-corrected chi connectivity index (χ4v) is 1.96. The van der Waals surface area contributed by atoms with Crippen molar-refractivity contribution >= 4 is 15.9 Å². The van der Waals surface area contributed by atoms with Gasteiger partial charge in [-0.3, -0.25) is 5.84 Å². The largest absolute Gasteiger partial charge is 0.453 e. The van der Waals surface area contributed by atoms with E-state index >= 15 is 0 Å². The van der Waals surface area contributed by atoms with Crippen molar-refractivity contribution in [2.45, 2.75) is 38.1 Å². The second kappa shape index (κ2) is 7.65. The molecule has 0 bridgehead atoms. The lowest BCUT2D eigenvalue weighted by atomic mass is 10.1. The molecule has 0 aliphatic heterocycles. The van der Waals surface area contributed by atoms with Crippen molar-refractivity contribution in [2.75, 3.05) is 0 Å². The molecule has 1 aromatic heterocycles. The lowest BCUT2D eigenvalue weighted by Crippen LogP contribution is -2.27. The van der Waals surface area contributed by atoms with E-state index in [4.69, 9.17) is 10.3 Å². The van der Waals surface area contributed by atoms with Gasteiger partial charge in [-0.1, -0.05) is 18.9 Å². The molecule has 0 radical (unpaired) electrons. The first kappa shape index (κ1) is 13.5. The summed E-state index contributed by atoms with van der Waals surface area (Å²) in [4.78, 5) is 0. The summed E-state index contributed by atoms with van der Waals surface area (Å²) in [6, 6.07) is 3.94. The number of hydrazine groups is 1. The standard InChI is InChI=1S/C12H19BrN2O/c1-2-3-4-5-6-7-10(15-14)11-8-9-12(13)16-11/h2,8-10,15H,1,3-7,14H2. The van der Waals surface area contributed by atoms with E-state index in [0.717, 1.165) is 29.7 Å². The number of nitrogens with one attached hydrogen (secondary N) is 1. The molecule has 1 rings (SSSR count). The number of furan rings is 1. The third-order valence-electron chi connectivity index (χ3n) is 2.54. The predicted molar refractivity (Wildman–Crippen MR) is 69.8 cm³/mol. The molecule has 90 valence electrons. The second-order valence-corrected chi connectivity index (χ2v) is 4.57. The predicted octanol–water partition coefficient (Wildman–Crippen LogP) is 3.68. The fourth-order valence-electron chi connectivity index (χ4n) is 1.64. The highest BCUT2D eigenvalue weighted by molar-refractivity contribution is 9.10. The van der Waals surface area contributed by atoms with E-state index in [1.54, 1.807) is 0 Å². The Kier molecular flexibility index (Phi) is 6.45. The molecule has 0 aromatic carbocycles. The summed E-state index contributed by atoms with van der Waals surface area (Å²) in [7, 11) is 0. The van der Waals surface area contributed by atoms with Crippen LogP contribution in [-0.2, 0) is 0 Å². The second-order valence-electron chi connectivity index (χ2n) is 3.79. The van der Waals surface area contributed by atoms with Gasteiger partial charge >= 0.3 is 0 Å². The number of unbranched alkanes of at least 4 members (excludes halogenated alkanes) is 3. The van der Waals surface area contributed by atoms with E-state index in [1.165, 1.54) is 12.8 Å². The number of hydrogen-bond donors (Lipinski definition) is 2. The highest BCUT2D eigenvalue weighted by Crippen LogP contribution is 2.24. The van der Waals surface area contributed by atoms with Gasteiger partial charge in [-0.2, -0.15) is 0 Å².